The summed E-state index contributed by atoms with van der Waals surface area (Å²) in [5.41, 5.74) is 7.81. The lowest BCUT2D eigenvalue weighted by Gasteiger charge is -2.21. The van der Waals surface area contributed by atoms with Crippen LogP contribution in [0.2, 0.25) is 0 Å². The molecule has 4 rings (SSSR count). The first-order valence-electron chi connectivity index (χ1n) is 10.9. The topological polar surface area (TPSA) is 81.2 Å². The summed E-state index contributed by atoms with van der Waals surface area (Å²) in [4.78, 5) is 6.38. The number of halogens is 1. The van der Waals surface area contributed by atoms with Gasteiger partial charge in [-0.2, -0.15) is 4.39 Å². The van der Waals surface area contributed by atoms with Crippen molar-refractivity contribution in [1.29, 1.82) is 0 Å². The van der Waals surface area contributed by atoms with Crippen LogP contribution in [0.15, 0.2) is 83.9 Å². The first kappa shape index (κ1) is 23.1. The Bertz CT molecular complexity index is 1320. The fraction of sp³-hybridized carbons (Fsp3) is 0.240. The van der Waals surface area contributed by atoms with Crippen LogP contribution >= 0.6 is 0 Å². The van der Waals surface area contributed by atoms with Crippen molar-refractivity contribution in [3.8, 4) is 0 Å². The van der Waals surface area contributed by atoms with E-state index in [2.05, 4.69) is 9.88 Å². The van der Waals surface area contributed by atoms with Gasteiger partial charge in [-0.3, -0.25) is 4.90 Å². The molecule has 0 aliphatic heterocycles. The third-order valence-corrected chi connectivity index (χ3v) is 7.23. The lowest BCUT2D eigenvalue weighted by molar-refractivity contribution is 0.248. The van der Waals surface area contributed by atoms with Crippen LogP contribution in [0.25, 0.3) is 10.9 Å². The van der Waals surface area contributed by atoms with Crippen LogP contribution < -0.4 is 5.73 Å². The largest absolute Gasteiger partial charge is 0.330 e. The Morgan fingerprint density at radius 2 is 1.67 bits per heavy atom. The molecule has 0 fully saturated rings. The van der Waals surface area contributed by atoms with Crippen molar-refractivity contribution in [3.63, 3.8) is 0 Å². The SMILES string of the molecule is NCCCCN(Cc1cccc(F)n1)Cc1cn(S(=O)(=O)c2ccccc2)c2ccccc12. The lowest BCUT2D eigenvalue weighted by Crippen LogP contribution is -2.25. The van der Waals surface area contributed by atoms with Crippen molar-refractivity contribution in [3.05, 3.63) is 96.2 Å². The summed E-state index contributed by atoms with van der Waals surface area (Å²) in [7, 11) is -3.75. The van der Waals surface area contributed by atoms with Gasteiger partial charge in [0.05, 0.1) is 16.1 Å². The number of fused-ring (bicyclic) bond motifs is 1. The van der Waals surface area contributed by atoms with Gasteiger partial charge in [-0.15, -0.1) is 0 Å². The number of unbranched alkanes of at least 4 members (excludes halogenated alkanes) is 1. The first-order valence-corrected chi connectivity index (χ1v) is 12.4. The monoisotopic (exact) mass is 466 g/mol. The molecule has 0 aliphatic carbocycles. The molecule has 2 N–H and O–H groups in total. The molecule has 0 saturated carbocycles. The van der Waals surface area contributed by atoms with Gasteiger partial charge in [-0.05, 0) is 61.8 Å². The Morgan fingerprint density at radius 3 is 2.42 bits per heavy atom. The van der Waals surface area contributed by atoms with E-state index in [1.807, 2.05) is 24.3 Å². The maximum atomic E-state index is 13.6. The lowest BCUT2D eigenvalue weighted by atomic mass is 10.1. The third kappa shape index (κ3) is 5.30. The molecule has 0 atom stereocenters. The average molecular weight is 467 g/mol. The van der Waals surface area contributed by atoms with Crippen molar-refractivity contribution in [2.75, 3.05) is 13.1 Å². The molecule has 0 amide bonds. The molecule has 0 bridgehead atoms. The van der Waals surface area contributed by atoms with Gasteiger partial charge in [0, 0.05) is 24.7 Å². The first-order chi connectivity index (χ1) is 16.0. The van der Waals surface area contributed by atoms with Crippen molar-refractivity contribution in [2.45, 2.75) is 30.8 Å². The van der Waals surface area contributed by atoms with Gasteiger partial charge in [0.25, 0.3) is 10.0 Å². The summed E-state index contributed by atoms with van der Waals surface area (Å²) in [5.74, 6) is -0.514. The minimum atomic E-state index is -3.75. The van der Waals surface area contributed by atoms with Gasteiger partial charge >= 0.3 is 0 Å². The Hall–Kier alpha value is -3.07. The standard InChI is InChI=1S/C25H27FN4O2S/c26-25-14-8-9-21(28-25)19-29(16-7-6-15-27)17-20-18-30(24-13-5-4-12-23(20)24)33(31,32)22-10-2-1-3-11-22/h1-5,8-14,18H,6-7,15-17,19,27H2. The number of pyridine rings is 1. The molecule has 2 heterocycles. The maximum Gasteiger partial charge on any atom is 0.268 e. The molecule has 0 spiro atoms. The number of aromatic nitrogens is 2. The molecule has 0 saturated heterocycles. The van der Waals surface area contributed by atoms with Crippen LogP contribution in [0.3, 0.4) is 0 Å². The number of hydrogen-bond donors (Lipinski definition) is 1. The van der Waals surface area contributed by atoms with Crippen molar-refractivity contribution < 1.29 is 12.8 Å². The van der Waals surface area contributed by atoms with E-state index in [0.717, 1.165) is 30.3 Å². The van der Waals surface area contributed by atoms with Gasteiger partial charge in [0.1, 0.15) is 0 Å². The predicted octanol–water partition coefficient (Wildman–Crippen LogP) is 4.15. The highest BCUT2D eigenvalue weighted by Crippen LogP contribution is 2.27. The van der Waals surface area contributed by atoms with Crippen molar-refractivity contribution >= 4 is 20.9 Å². The molecule has 172 valence electrons. The highest BCUT2D eigenvalue weighted by Gasteiger charge is 2.22. The molecule has 0 aliphatic rings. The molecular weight excluding hydrogens is 439 g/mol. The average Bonchev–Trinajstić information content (AvgIpc) is 3.19. The minimum absolute atomic E-state index is 0.237. The number of benzene rings is 2. The zero-order chi connectivity index (χ0) is 23.3. The number of para-hydroxylation sites is 1. The molecule has 0 radical (unpaired) electrons. The highest BCUT2D eigenvalue weighted by atomic mass is 32.2. The highest BCUT2D eigenvalue weighted by molar-refractivity contribution is 7.90. The Labute approximate surface area is 193 Å². The normalized spacial score (nSPS) is 12.0. The Morgan fingerprint density at radius 1 is 0.909 bits per heavy atom. The summed E-state index contributed by atoms with van der Waals surface area (Å²) in [6.07, 6.45) is 3.45. The van der Waals surface area contributed by atoms with Gasteiger partial charge < -0.3 is 5.73 Å². The molecule has 4 aromatic rings. The van der Waals surface area contributed by atoms with Crippen LogP contribution in [0.4, 0.5) is 4.39 Å². The Balaban J connectivity index is 1.70. The summed E-state index contributed by atoms with van der Waals surface area (Å²) >= 11 is 0. The smallest absolute Gasteiger partial charge is 0.268 e. The summed E-state index contributed by atoms with van der Waals surface area (Å²) in [5, 5.41) is 0.869. The summed E-state index contributed by atoms with van der Waals surface area (Å²) in [6, 6.07) is 20.6. The minimum Gasteiger partial charge on any atom is -0.330 e. The van der Waals surface area contributed by atoms with Crippen LogP contribution in [-0.4, -0.2) is 35.4 Å². The second-order valence-corrected chi connectivity index (χ2v) is 9.76. The third-order valence-electron chi connectivity index (χ3n) is 5.54. The van der Waals surface area contributed by atoms with E-state index < -0.39 is 16.0 Å². The quantitative estimate of drug-likeness (QED) is 0.280. The van der Waals surface area contributed by atoms with Gasteiger partial charge in [0.15, 0.2) is 0 Å². The zero-order valence-corrected chi connectivity index (χ0v) is 19.1. The predicted molar refractivity (Wildman–Crippen MR) is 128 cm³/mol. The van der Waals surface area contributed by atoms with E-state index in [1.54, 1.807) is 48.7 Å². The van der Waals surface area contributed by atoms with E-state index in [1.165, 1.54) is 10.0 Å². The van der Waals surface area contributed by atoms with Crippen molar-refractivity contribution in [2.24, 2.45) is 5.73 Å². The van der Waals surface area contributed by atoms with E-state index in [9.17, 15) is 12.8 Å². The molecule has 0 unspecified atom stereocenters. The number of nitrogens with two attached hydrogens (primary N) is 1. The van der Waals surface area contributed by atoms with Crippen molar-refractivity contribution in [1.82, 2.24) is 13.9 Å². The second kappa shape index (κ2) is 10.2. The summed E-state index contributed by atoms with van der Waals surface area (Å²) in [6.45, 7) is 2.29. The van der Waals surface area contributed by atoms with E-state index in [4.69, 9.17) is 5.73 Å². The molecule has 8 heteroatoms. The number of rotatable bonds is 10. The van der Waals surface area contributed by atoms with Gasteiger partial charge in [-0.25, -0.2) is 17.4 Å². The van der Waals surface area contributed by atoms with Gasteiger partial charge in [0.2, 0.25) is 5.95 Å². The molecule has 2 aromatic heterocycles. The molecule has 2 aromatic carbocycles. The van der Waals surface area contributed by atoms with Crippen LogP contribution in [0.5, 0.6) is 0 Å². The van der Waals surface area contributed by atoms with E-state index >= 15 is 0 Å². The second-order valence-electron chi connectivity index (χ2n) is 7.94. The fourth-order valence-electron chi connectivity index (χ4n) is 3.95. The Kier molecular flexibility index (Phi) is 7.17. The van der Waals surface area contributed by atoms with E-state index in [-0.39, 0.29) is 4.90 Å². The van der Waals surface area contributed by atoms with Gasteiger partial charge in [-0.1, -0.05) is 42.5 Å². The molecule has 6 nitrogen and oxygen atoms in total. The maximum absolute atomic E-state index is 13.6. The van der Waals surface area contributed by atoms with Crippen LogP contribution in [0.1, 0.15) is 24.1 Å². The van der Waals surface area contributed by atoms with Crippen LogP contribution in [0, 0.1) is 5.95 Å². The van der Waals surface area contributed by atoms with E-state index in [0.29, 0.717) is 30.8 Å². The van der Waals surface area contributed by atoms with Crippen LogP contribution in [-0.2, 0) is 23.1 Å². The number of hydrogen-bond acceptors (Lipinski definition) is 5. The molecular formula is C25H27FN4O2S. The fourth-order valence-corrected chi connectivity index (χ4v) is 5.36. The number of nitrogens with zero attached hydrogens (tertiary/aromatic N) is 3. The zero-order valence-electron chi connectivity index (χ0n) is 18.3. The molecule has 33 heavy (non-hydrogen) atoms. The summed E-state index contributed by atoms with van der Waals surface area (Å²) < 4.78 is 41.7.